The van der Waals surface area contributed by atoms with Crippen LogP contribution in [0.5, 0.6) is 0 Å². The van der Waals surface area contributed by atoms with Crippen LogP contribution in [-0.2, 0) is 11.2 Å². The lowest BCUT2D eigenvalue weighted by Gasteiger charge is -2.15. The minimum absolute atomic E-state index is 0.0541. The molecule has 11 N–H and O–H groups in total. The Hall–Kier alpha value is -2.98. The first kappa shape index (κ1) is 22.1. The lowest BCUT2D eigenvalue weighted by Crippen LogP contribution is -2.41. The molecule has 148 valence electrons. The number of carbonyl (C=O) groups excluding carboxylic acids is 4. The second kappa shape index (κ2) is 10.2. The third-order valence-corrected chi connectivity index (χ3v) is 4.05. The van der Waals surface area contributed by atoms with Crippen molar-refractivity contribution in [2.24, 2.45) is 28.7 Å². The van der Waals surface area contributed by atoms with E-state index in [1.54, 1.807) is 0 Å². The van der Waals surface area contributed by atoms with Gasteiger partial charge in [0.2, 0.25) is 23.6 Å². The van der Waals surface area contributed by atoms with E-state index in [9.17, 15) is 19.2 Å². The fourth-order valence-electron chi connectivity index (χ4n) is 2.60. The van der Waals surface area contributed by atoms with Crippen LogP contribution >= 0.6 is 0 Å². The Balaban J connectivity index is 2.93. The minimum atomic E-state index is -0.847. The quantitative estimate of drug-likeness (QED) is 0.242. The van der Waals surface area contributed by atoms with Crippen LogP contribution in [0.15, 0.2) is 12.1 Å². The van der Waals surface area contributed by atoms with Crippen LogP contribution in [0.3, 0.4) is 0 Å². The molecule has 0 aromatic heterocycles. The Bertz CT molecular complexity index is 699. The lowest BCUT2D eigenvalue weighted by atomic mass is 9.94. The number of carbonyl (C=O) groups is 4. The van der Waals surface area contributed by atoms with E-state index in [1.165, 1.54) is 12.1 Å². The van der Waals surface area contributed by atoms with Gasteiger partial charge < -0.3 is 34.0 Å². The van der Waals surface area contributed by atoms with Crippen LogP contribution in [0.4, 0.5) is 0 Å². The van der Waals surface area contributed by atoms with E-state index >= 15 is 0 Å². The van der Waals surface area contributed by atoms with Crippen molar-refractivity contribution in [2.45, 2.75) is 31.7 Å². The molecule has 1 atom stereocenters. The molecule has 0 fully saturated rings. The third kappa shape index (κ3) is 6.35. The average Bonchev–Trinajstić information content (AvgIpc) is 2.60. The molecule has 0 heterocycles. The topological polar surface area (TPSA) is 210 Å². The summed E-state index contributed by atoms with van der Waals surface area (Å²) in [7, 11) is 0. The zero-order chi connectivity index (χ0) is 20.6. The maximum Gasteiger partial charge on any atom is 0.249 e. The van der Waals surface area contributed by atoms with Crippen molar-refractivity contribution in [3.8, 4) is 0 Å². The summed E-state index contributed by atoms with van der Waals surface area (Å²) in [4.78, 5) is 46.8. The average molecular weight is 378 g/mol. The maximum absolute atomic E-state index is 12.0. The van der Waals surface area contributed by atoms with Crippen molar-refractivity contribution >= 4 is 23.6 Å². The van der Waals surface area contributed by atoms with Crippen molar-refractivity contribution in [3.63, 3.8) is 0 Å². The molecule has 0 spiro atoms. The van der Waals surface area contributed by atoms with Crippen LogP contribution in [0, 0.1) is 0 Å². The second-order valence-electron chi connectivity index (χ2n) is 6.07. The monoisotopic (exact) mass is 378 g/mol. The van der Waals surface area contributed by atoms with E-state index in [4.69, 9.17) is 28.7 Å². The van der Waals surface area contributed by atoms with Gasteiger partial charge in [0, 0.05) is 23.2 Å². The molecular weight excluding hydrogens is 352 g/mol. The Morgan fingerprint density at radius 3 is 1.93 bits per heavy atom. The number of nitrogens with one attached hydrogen (secondary N) is 1. The summed E-state index contributed by atoms with van der Waals surface area (Å²) in [6.45, 7) is 0.626. The molecule has 1 aromatic rings. The fourth-order valence-corrected chi connectivity index (χ4v) is 2.60. The number of hydrogen-bond acceptors (Lipinski definition) is 6. The summed E-state index contributed by atoms with van der Waals surface area (Å²) < 4.78 is 0. The fraction of sp³-hybridized carbons (Fsp3) is 0.412. The molecule has 0 unspecified atom stereocenters. The van der Waals surface area contributed by atoms with Gasteiger partial charge in [-0.15, -0.1) is 0 Å². The zero-order valence-electron chi connectivity index (χ0n) is 15.0. The third-order valence-electron chi connectivity index (χ3n) is 4.05. The van der Waals surface area contributed by atoms with Gasteiger partial charge in [-0.3, -0.25) is 19.2 Å². The summed E-state index contributed by atoms with van der Waals surface area (Å²) in [6.07, 6.45) is 2.10. The molecule has 0 saturated carbocycles. The number of rotatable bonds is 11. The molecule has 10 nitrogen and oxygen atoms in total. The molecule has 0 bridgehead atoms. The van der Waals surface area contributed by atoms with Crippen molar-refractivity contribution in [1.29, 1.82) is 0 Å². The highest BCUT2D eigenvalue weighted by atomic mass is 16.2. The van der Waals surface area contributed by atoms with Gasteiger partial charge in [-0.1, -0.05) is 6.42 Å². The molecule has 1 aromatic carbocycles. The second-order valence-corrected chi connectivity index (χ2v) is 6.07. The molecule has 27 heavy (non-hydrogen) atoms. The van der Waals surface area contributed by atoms with Gasteiger partial charge in [-0.25, -0.2) is 0 Å². The minimum Gasteiger partial charge on any atom is -0.366 e. The Labute approximate surface area is 156 Å². The number of hydrogen-bond donors (Lipinski definition) is 6. The van der Waals surface area contributed by atoms with Gasteiger partial charge in [-0.05, 0) is 43.5 Å². The van der Waals surface area contributed by atoms with Gasteiger partial charge in [0.05, 0.1) is 6.04 Å². The van der Waals surface area contributed by atoms with E-state index in [-0.39, 0.29) is 41.1 Å². The number of unbranched alkanes of at least 4 members (excludes halogenated alkanes) is 1. The van der Waals surface area contributed by atoms with E-state index in [0.29, 0.717) is 13.0 Å². The molecule has 0 saturated heterocycles. The normalized spacial score (nSPS) is 11.6. The van der Waals surface area contributed by atoms with Gasteiger partial charge in [-0.2, -0.15) is 0 Å². The van der Waals surface area contributed by atoms with E-state index < -0.39 is 23.8 Å². The molecule has 0 aliphatic rings. The predicted molar refractivity (Wildman–Crippen MR) is 99.6 cm³/mol. The Morgan fingerprint density at radius 1 is 0.926 bits per heavy atom. The summed E-state index contributed by atoms with van der Waals surface area (Å²) in [5.41, 5.74) is 27.1. The van der Waals surface area contributed by atoms with Crippen molar-refractivity contribution in [3.05, 3.63) is 34.4 Å². The molecule has 0 aliphatic carbocycles. The lowest BCUT2D eigenvalue weighted by molar-refractivity contribution is -0.122. The first-order valence-corrected chi connectivity index (χ1v) is 8.48. The predicted octanol–water partition coefficient (Wildman–Crippen LogP) is -1.90. The van der Waals surface area contributed by atoms with Crippen LogP contribution in [0.1, 0.15) is 55.9 Å². The first-order chi connectivity index (χ1) is 12.7. The first-order valence-electron chi connectivity index (χ1n) is 8.48. The molecule has 0 aliphatic heterocycles. The number of amides is 4. The van der Waals surface area contributed by atoms with Gasteiger partial charge in [0.1, 0.15) is 0 Å². The number of primary amides is 3. The maximum atomic E-state index is 12.0. The summed E-state index contributed by atoms with van der Waals surface area (Å²) >= 11 is 0. The standard InChI is InChI=1S/C17H26N6O4/c18-5-2-1-3-13(19)17(27)23-6-4-10-11(15(21)25)7-9(14(20)24)8-12(10)16(22)26/h7-8,13H,1-6,18-19H2,(H2,20,24)(H2,21,25)(H2,22,26)(H,23,27)/t13-/m0/s1. The van der Waals surface area contributed by atoms with E-state index in [1.807, 2.05) is 0 Å². The van der Waals surface area contributed by atoms with E-state index in [0.717, 1.165) is 12.8 Å². The zero-order valence-corrected chi connectivity index (χ0v) is 15.0. The van der Waals surface area contributed by atoms with Crippen molar-refractivity contribution in [2.75, 3.05) is 13.1 Å². The summed E-state index contributed by atoms with van der Waals surface area (Å²) in [5, 5.41) is 2.64. The highest BCUT2D eigenvalue weighted by Crippen LogP contribution is 2.18. The number of benzene rings is 1. The largest absolute Gasteiger partial charge is 0.366 e. The molecule has 0 radical (unpaired) electrons. The Kier molecular flexibility index (Phi) is 8.36. The highest BCUT2D eigenvalue weighted by molar-refractivity contribution is 6.05. The van der Waals surface area contributed by atoms with Gasteiger partial charge >= 0.3 is 0 Å². The van der Waals surface area contributed by atoms with Crippen LogP contribution < -0.4 is 34.0 Å². The highest BCUT2D eigenvalue weighted by Gasteiger charge is 2.20. The number of nitrogens with two attached hydrogens (primary N) is 5. The van der Waals surface area contributed by atoms with Gasteiger partial charge in [0.25, 0.3) is 0 Å². The van der Waals surface area contributed by atoms with Crippen molar-refractivity contribution in [1.82, 2.24) is 5.32 Å². The van der Waals surface area contributed by atoms with Crippen LogP contribution in [-0.4, -0.2) is 42.8 Å². The molecular formula is C17H26N6O4. The van der Waals surface area contributed by atoms with Crippen LogP contribution in [0.2, 0.25) is 0 Å². The summed E-state index contributed by atoms with van der Waals surface area (Å²) in [5.74, 6) is -2.88. The molecule has 4 amide bonds. The van der Waals surface area contributed by atoms with Crippen LogP contribution in [0.25, 0.3) is 0 Å². The van der Waals surface area contributed by atoms with E-state index in [2.05, 4.69) is 5.32 Å². The van der Waals surface area contributed by atoms with Crippen molar-refractivity contribution < 1.29 is 19.2 Å². The smallest absolute Gasteiger partial charge is 0.249 e. The summed E-state index contributed by atoms with van der Waals surface area (Å²) in [6, 6.07) is 1.72. The molecule has 10 heteroatoms. The Morgan fingerprint density at radius 2 is 1.48 bits per heavy atom. The SMILES string of the molecule is NCCCC[C@H](N)C(=O)NCCc1c(C(N)=O)cc(C(N)=O)cc1C(N)=O. The molecule has 1 rings (SSSR count). The van der Waals surface area contributed by atoms with Gasteiger partial charge in [0.15, 0.2) is 0 Å².